The molecule has 5 nitrogen and oxygen atoms in total. The molecule has 0 bridgehead atoms. The largest absolute Gasteiger partial charge is 0.343 e. The molecule has 22 heavy (non-hydrogen) atoms. The van der Waals surface area contributed by atoms with Crippen molar-refractivity contribution >= 4 is 27.7 Å². The van der Waals surface area contributed by atoms with Crippen molar-refractivity contribution in [2.75, 3.05) is 5.32 Å². The number of rotatable bonds is 4. The number of para-hydroxylation sites is 1. The van der Waals surface area contributed by atoms with Crippen LogP contribution in [0.5, 0.6) is 0 Å². The van der Waals surface area contributed by atoms with Gasteiger partial charge in [0.1, 0.15) is 5.69 Å². The van der Waals surface area contributed by atoms with E-state index in [-0.39, 0.29) is 5.91 Å². The third kappa shape index (κ3) is 2.96. The van der Waals surface area contributed by atoms with E-state index in [1.165, 1.54) is 0 Å². The SMILES string of the molecule is CCn1cc(Br)cc1C(=O)Nc1ccn(-c2ccccc2)n1. The molecule has 6 heteroatoms. The minimum Gasteiger partial charge on any atom is -0.343 e. The molecule has 0 aliphatic heterocycles. The van der Waals surface area contributed by atoms with E-state index in [0.29, 0.717) is 11.5 Å². The second kappa shape index (κ2) is 6.19. The standard InChI is InChI=1S/C16H15BrN4O/c1-2-20-11-12(17)10-14(20)16(22)18-15-8-9-21(19-15)13-6-4-3-5-7-13/h3-11H,2H2,1H3,(H,18,19,22). The molecule has 112 valence electrons. The summed E-state index contributed by atoms with van der Waals surface area (Å²) in [5.74, 6) is 0.347. The summed E-state index contributed by atoms with van der Waals surface area (Å²) in [5.41, 5.74) is 1.55. The number of benzene rings is 1. The van der Waals surface area contributed by atoms with Gasteiger partial charge in [0.05, 0.1) is 5.69 Å². The monoisotopic (exact) mass is 358 g/mol. The van der Waals surface area contributed by atoms with Gasteiger partial charge in [-0.15, -0.1) is 0 Å². The average Bonchev–Trinajstić information content (AvgIpc) is 3.14. The van der Waals surface area contributed by atoms with Crippen LogP contribution < -0.4 is 5.32 Å². The maximum absolute atomic E-state index is 12.4. The van der Waals surface area contributed by atoms with Gasteiger partial charge in [-0.05, 0) is 41.1 Å². The molecule has 1 aromatic carbocycles. The molecule has 2 heterocycles. The Morgan fingerprint density at radius 1 is 1.27 bits per heavy atom. The molecule has 0 saturated heterocycles. The Morgan fingerprint density at radius 2 is 2.05 bits per heavy atom. The van der Waals surface area contributed by atoms with Gasteiger partial charge in [0.15, 0.2) is 5.82 Å². The molecule has 0 unspecified atom stereocenters. The van der Waals surface area contributed by atoms with E-state index >= 15 is 0 Å². The van der Waals surface area contributed by atoms with E-state index in [9.17, 15) is 4.79 Å². The van der Waals surface area contributed by atoms with Gasteiger partial charge in [0.2, 0.25) is 0 Å². The molecule has 0 aliphatic carbocycles. The lowest BCUT2D eigenvalue weighted by Crippen LogP contribution is -2.16. The molecule has 1 amide bonds. The van der Waals surface area contributed by atoms with Crippen LogP contribution in [0.25, 0.3) is 5.69 Å². The number of nitrogens with zero attached hydrogens (tertiary/aromatic N) is 3. The number of hydrogen-bond acceptors (Lipinski definition) is 2. The zero-order valence-corrected chi connectivity index (χ0v) is 13.6. The molecule has 2 aromatic heterocycles. The van der Waals surface area contributed by atoms with Crippen molar-refractivity contribution in [1.82, 2.24) is 14.3 Å². The fourth-order valence-electron chi connectivity index (χ4n) is 2.22. The minimum atomic E-state index is -0.175. The molecule has 3 aromatic rings. The van der Waals surface area contributed by atoms with Crippen LogP contribution in [0.4, 0.5) is 5.82 Å². The summed E-state index contributed by atoms with van der Waals surface area (Å²) in [6, 6.07) is 13.3. The van der Waals surface area contributed by atoms with Crippen LogP contribution in [-0.4, -0.2) is 20.3 Å². The first-order valence-corrected chi connectivity index (χ1v) is 7.75. The van der Waals surface area contributed by atoms with Crippen LogP contribution in [0.3, 0.4) is 0 Å². The molecule has 0 saturated carbocycles. The van der Waals surface area contributed by atoms with Crippen molar-refractivity contribution in [1.29, 1.82) is 0 Å². The summed E-state index contributed by atoms with van der Waals surface area (Å²) < 4.78 is 4.49. The van der Waals surface area contributed by atoms with E-state index < -0.39 is 0 Å². The van der Waals surface area contributed by atoms with Crippen molar-refractivity contribution < 1.29 is 4.79 Å². The van der Waals surface area contributed by atoms with Gasteiger partial charge in [-0.2, -0.15) is 5.10 Å². The average molecular weight is 359 g/mol. The van der Waals surface area contributed by atoms with Crippen LogP contribution >= 0.6 is 15.9 Å². The topological polar surface area (TPSA) is 51.9 Å². The molecule has 0 fully saturated rings. The molecular formula is C16H15BrN4O. The first-order chi connectivity index (χ1) is 10.7. The Balaban J connectivity index is 1.79. The van der Waals surface area contributed by atoms with Gasteiger partial charge >= 0.3 is 0 Å². The second-order valence-electron chi connectivity index (χ2n) is 4.76. The smallest absolute Gasteiger partial charge is 0.273 e. The number of hydrogen-bond donors (Lipinski definition) is 1. The third-order valence-electron chi connectivity index (χ3n) is 3.29. The Hall–Kier alpha value is -2.34. The highest BCUT2D eigenvalue weighted by Gasteiger charge is 2.13. The highest BCUT2D eigenvalue weighted by molar-refractivity contribution is 9.10. The van der Waals surface area contributed by atoms with Crippen molar-refractivity contribution in [3.05, 3.63) is 65.0 Å². The van der Waals surface area contributed by atoms with Crippen LogP contribution in [0, 0.1) is 0 Å². The normalized spacial score (nSPS) is 10.6. The zero-order chi connectivity index (χ0) is 15.5. The Kier molecular flexibility index (Phi) is 4.11. The fourth-order valence-corrected chi connectivity index (χ4v) is 2.69. The number of aryl methyl sites for hydroxylation is 1. The van der Waals surface area contributed by atoms with Crippen molar-refractivity contribution in [2.24, 2.45) is 0 Å². The predicted octanol–water partition coefficient (Wildman–Crippen LogP) is 3.71. The summed E-state index contributed by atoms with van der Waals surface area (Å²) in [5, 5.41) is 7.20. The number of carbonyl (C=O) groups excluding carboxylic acids is 1. The molecule has 0 aliphatic rings. The summed E-state index contributed by atoms with van der Waals surface area (Å²) in [6.07, 6.45) is 3.71. The van der Waals surface area contributed by atoms with Gasteiger partial charge < -0.3 is 9.88 Å². The quantitative estimate of drug-likeness (QED) is 0.772. The Labute approximate surface area is 136 Å². The first kappa shape index (κ1) is 14.6. The number of nitrogens with one attached hydrogen (secondary N) is 1. The van der Waals surface area contributed by atoms with Crippen LogP contribution in [0.2, 0.25) is 0 Å². The first-order valence-electron chi connectivity index (χ1n) is 6.95. The highest BCUT2D eigenvalue weighted by atomic mass is 79.9. The lowest BCUT2D eigenvalue weighted by atomic mass is 10.3. The Bertz CT molecular complexity index is 792. The summed E-state index contributed by atoms with van der Waals surface area (Å²) in [4.78, 5) is 12.4. The number of anilines is 1. The maximum atomic E-state index is 12.4. The van der Waals surface area contributed by atoms with Crippen molar-refractivity contribution in [3.8, 4) is 5.69 Å². The summed E-state index contributed by atoms with van der Waals surface area (Å²) >= 11 is 3.39. The molecule has 0 radical (unpaired) electrons. The van der Waals surface area contributed by atoms with Crippen LogP contribution in [0.15, 0.2) is 59.3 Å². The number of amides is 1. The fraction of sp³-hybridized carbons (Fsp3) is 0.125. The zero-order valence-electron chi connectivity index (χ0n) is 12.0. The number of aromatic nitrogens is 3. The lowest BCUT2D eigenvalue weighted by molar-refractivity contribution is 0.101. The predicted molar refractivity (Wildman–Crippen MR) is 89.3 cm³/mol. The van der Waals surface area contributed by atoms with E-state index in [4.69, 9.17) is 0 Å². The molecule has 0 spiro atoms. The van der Waals surface area contributed by atoms with Gasteiger partial charge in [-0.25, -0.2) is 4.68 Å². The lowest BCUT2D eigenvalue weighted by Gasteiger charge is -2.05. The van der Waals surface area contributed by atoms with Crippen molar-refractivity contribution in [3.63, 3.8) is 0 Å². The highest BCUT2D eigenvalue weighted by Crippen LogP contribution is 2.17. The second-order valence-corrected chi connectivity index (χ2v) is 5.68. The maximum Gasteiger partial charge on any atom is 0.273 e. The van der Waals surface area contributed by atoms with Gasteiger partial charge in [-0.1, -0.05) is 18.2 Å². The minimum absolute atomic E-state index is 0.175. The summed E-state index contributed by atoms with van der Waals surface area (Å²) in [6.45, 7) is 2.72. The molecule has 1 N–H and O–H groups in total. The number of halogens is 1. The van der Waals surface area contributed by atoms with Gasteiger partial charge in [0.25, 0.3) is 5.91 Å². The van der Waals surface area contributed by atoms with Crippen LogP contribution in [0.1, 0.15) is 17.4 Å². The van der Waals surface area contributed by atoms with E-state index in [2.05, 4.69) is 26.3 Å². The molecule has 0 atom stereocenters. The van der Waals surface area contributed by atoms with Gasteiger partial charge in [-0.3, -0.25) is 4.79 Å². The molecule has 3 rings (SSSR count). The Morgan fingerprint density at radius 3 is 2.77 bits per heavy atom. The van der Waals surface area contributed by atoms with E-state index in [1.807, 2.05) is 54.2 Å². The van der Waals surface area contributed by atoms with Crippen LogP contribution in [-0.2, 0) is 6.54 Å². The van der Waals surface area contributed by atoms with E-state index in [0.717, 1.165) is 16.7 Å². The van der Waals surface area contributed by atoms with E-state index in [1.54, 1.807) is 16.8 Å². The molecular weight excluding hydrogens is 344 g/mol. The number of carbonyl (C=O) groups is 1. The summed E-state index contributed by atoms with van der Waals surface area (Å²) in [7, 11) is 0. The van der Waals surface area contributed by atoms with Crippen molar-refractivity contribution in [2.45, 2.75) is 13.5 Å². The van der Waals surface area contributed by atoms with Gasteiger partial charge in [0, 0.05) is 29.5 Å². The third-order valence-corrected chi connectivity index (χ3v) is 3.72.